The number of carbonyl (C=O) groups excluding carboxylic acids is 1. The molecule has 0 fully saturated rings. The Morgan fingerprint density at radius 3 is 2.38 bits per heavy atom. The summed E-state index contributed by atoms with van der Waals surface area (Å²) in [6.45, 7) is 3.53. The first-order valence-corrected chi connectivity index (χ1v) is 4.13. The smallest absolute Gasteiger partial charge is 0.0634 e. The van der Waals surface area contributed by atoms with Gasteiger partial charge < -0.3 is 15.2 Å². The zero-order valence-electron chi connectivity index (χ0n) is 7.70. The number of carbonyl (C=O) groups is 1. The molecule has 0 aliphatic rings. The molecule has 0 saturated heterocycles. The molecule has 0 aromatic heterocycles. The first-order chi connectivity index (χ1) is 6.09. The number of aliphatic carboxylic acids is 1. The van der Waals surface area contributed by atoms with E-state index in [1.807, 2.05) is 31.2 Å². The van der Waals surface area contributed by atoms with Crippen molar-refractivity contribution in [1.29, 1.82) is 0 Å². The molecule has 13 heavy (non-hydrogen) atoms. The molecule has 1 N–H and O–H groups in total. The number of aryl methyl sites for hydroxylation is 1. The number of carboxylic acids is 1. The van der Waals surface area contributed by atoms with Crippen LogP contribution in [-0.2, 0) is 4.79 Å². The van der Waals surface area contributed by atoms with E-state index in [9.17, 15) is 9.90 Å². The van der Waals surface area contributed by atoms with Crippen LogP contribution in [0, 0.1) is 6.92 Å². The molecule has 3 nitrogen and oxygen atoms in total. The Morgan fingerprint density at radius 1 is 1.38 bits per heavy atom. The van der Waals surface area contributed by atoms with Crippen molar-refractivity contribution in [2.24, 2.45) is 0 Å². The molecule has 0 bridgehead atoms. The van der Waals surface area contributed by atoms with Gasteiger partial charge >= 0.3 is 0 Å². The highest BCUT2D eigenvalue weighted by molar-refractivity contribution is 5.74. The van der Waals surface area contributed by atoms with Gasteiger partial charge in [-0.25, -0.2) is 0 Å². The Kier molecular flexibility index (Phi) is 2.90. The van der Waals surface area contributed by atoms with Gasteiger partial charge in [-0.05, 0) is 26.0 Å². The van der Waals surface area contributed by atoms with E-state index in [-0.39, 0.29) is 0 Å². The lowest BCUT2D eigenvalue weighted by Crippen LogP contribution is -2.38. The Balaban J connectivity index is 2.64. The molecular formula is C10H12NO2-. The maximum absolute atomic E-state index is 10.4. The van der Waals surface area contributed by atoms with Crippen LogP contribution in [0.15, 0.2) is 24.3 Å². The van der Waals surface area contributed by atoms with Crippen LogP contribution in [0.4, 0.5) is 5.69 Å². The minimum atomic E-state index is -1.10. The van der Waals surface area contributed by atoms with Crippen molar-refractivity contribution in [3.63, 3.8) is 0 Å². The first kappa shape index (κ1) is 9.58. The highest BCUT2D eigenvalue weighted by atomic mass is 16.4. The van der Waals surface area contributed by atoms with Crippen LogP contribution in [0.5, 0.6) is 0 Å². The molecule has 70 valence electrons. The normalized spacial score (nSPS) is 12.2. The van der Waals surface area contributed by atoms with E-state index in [4.69, 9.17) is 0 Å². The van der Waals surface area contributed by atoms with Crippen molar-refractivity contribution >= 4 is 11.7 Å². The summed E-state index contributed by atoms with van der Waals surface area (Å²) in [7, 11) is 0. The zero-order chi connectivity index (χ0) is 9.84. The van der Waals surface area contributed by atoms with Crippen LogP contribution in [0.2, 0.25) is 0 Å². The lowest BCUT2D eigenvalue weighted by Gasteiger charge is -2.15. The molecule has 0 aliphatic carbocycles. The SMILES string of the molecule is Cc1ccc(N[C@@H](C)C(=O)[O-])cc1. The standard InChI is InChI=1S/C10H13NO2/c1-7-3-5-9(6-4-7)11-8(2)10(12)13/h3-6,8,11H,1-2H3,(H,12,13)/p-1/t8-/m0/s1. The van der Waals surface area contributed by atoms with Crippen LogP contribution in [0.25, 0.3) is 0 Å². The fourth-order valence-electron chi connectivity index (χ4n) is 0.959. The number of benzene rings is 1. The third kappa shape index (κ3) is 2.78. The van der Waals surface area contributed by atoms with E-state index >= 15 is 0 Å². The van der Waals surface area contributed by atoms with Crippen molar-refractivity contribution < 1.29 is 9.90 Å². The zero-order valence-corrected chi connectivity index (χ0v) is 7.70. The third-order valence-corrected chi connectivity index (χ3v) is 1.79. The van der Waals surface area contributed by atoms with Crippen LogP contribution in [0.1, 0.15) is 12.5 Å². The monoisotopic (exact) mass is 178 g/mol. The van der Waals surface area contributed by atoms with Gasteiger partial charge in [0, 0.05) is 5.69 Å². The average molecular weight is 178 g/mol. The molecule has 0 amide bonds. The summed E-state index contributed by atoms with van der Waals surface area (Å²) in [4.78, 5) is 10.4. The van der Waals surface area contributed by atoms with E-state index < -0.39 is 12.0 Å². The maximum Gasteiger partial charge on any atom is 0.0634 e. The average Bonchev–Trinajstić information content (AvgIpc) is 2.08. The molecule has 0 heterocycles. The van der Waals surface area contributed by atoms with Crippen LogP contribution < -0.4 is 10.4 Å². The molecule has 0 spiro atoms. The van der Waals surface area contributed by atoms with E-state index in [0.29, 0.717) is 0 Å². The lowest BCUT2D eigenvalue weighted by molar-refractivity contribution is -0.306. The van der Waals surface area contributed by atoms with Crippen molar-refractivity contribution in [1.82, 2.24) is 0 Å². The number of anilines is 1. The van der Waals surface area contributed by atoms with Crippen LogP contribution in [0.3, 0.4) is 0 Å². The molecule has 0 saturated carbocycles. The predicted molar refractivity (Wildman–Crippen MR) is 49.3 cm³/mol. The highest BCUT2D eigenvalue weighted by Crippen LogP contribution is 2.09. The number of rotatable bonds is 3. The van der Waals surface area contributed by atoms with E-state index in [2.05, 4.69) is 5.32 Å². The molecule has 1 rings (SSSR count). The number of hydrogen-bond acceptors (Lipinski definition) is 3. The van der Waals surface area contributed by atoms with E-state index in [1.165, 1.54) is 0 Å². The third-order valence-electron chi connectivity index (χ3n) is 1.79. The van der Waals surface area contributed by atoms with Gasteiger partial charge in [-0.1, -0.05) is 17.7 Å². The molecular weight excluding hydrogens is 166 g/mol. The Bertz CT molecular complexity index is 292. The summed E-state index contributed by atoms with van der Waals surface area (Å²) in [6, 6.07) is 6.86. The first-order valence-electron chi connectivity index (χ1n) is 4.13. The minimum absolute atomic E-state index is 0.664. The predicted octanol–water partition coefficient (Wildman–Crippen LogP) is 0.545. The van der Waals surface area contributed by atoms with Crippen molar-refractivity contribution in [2.45, 2.75) is 19.9 Å². The van der Waals surface area contributed by atoms with Gasteiger partial charge in [0.1, 0.15) is 0 Å². The van der Waals surface area contributed by atoms with E-state index in [1.54, 1.807) is 6.92 Å². The summed E-state index contributed by atoms with van der Waals surface area (Å²) in [5.41, 5.74) is 1.94. The Hall–Kier alpha value is -1.51. The molecule has 1 aromatic carbocycles. The van der Waals surface area contributed by atoms with Gasteiger partial charge in [-0.3, -0.25) is 0 Å². The molecule has 0 radical (unpaired) electrons. The van der Waals surface area contributed by atoms with Crippen molar-refractivity contribution in [3.05, 3.63) is 29.8 Å². The molecule has 1 aromatic rings. The van der Waals surface area contributed by atoms with Gasteiger partial charge in [0.15, 0.2) is 0 Å². The van der Waals surface area contributed by atoms with Gasteiger partial charge in [0.25, 0.3) is 0 Å². The second-order valence-electron chi connectivity index (χ2n) is 3.05. The van der Waals surface area contributed by atoms with Gasteiger partial charge in [-0.15, -0.1) is 0 Å². The maximum atomic E-state index is 10.4. The summed E-state index contributed by atoms with van der Waals surface area (Å²) in [5.74, 6) is -1.10. The second kappa shape index (κ2) is 3.94. The summed E-state index contributed by atoms with van der Waals surface area (Å²) < 4.78 is 0. The van der Waals surface area contributed by atoms with E-state index in [0.717, 1.165) is 11.3 Å². The molecule has 1 atom stereocenters. The van der Waals surface area contributed by atoms with Gasteiger partial charge in [0.2, 0.25) is 0 Å². The Morgan fingerprint density at radius 2 is 1.92 bits per heavy atom. The largest absolute Gasteiger partial charge is 0.548 e. The summed E-state index contributed by atoms with van der Waals surface area (Å²) in [6.07, 6.45) is 0. The van der Waals surface area contributed by atoms with Crippen molar-refractivity contribution in [2.75, 3.05) is 5.32 Å². The van der Waals surface area contributed by atoms with Crippen molar-refractivity contribution in [3.8, 4) is 0 Å². The topological polar surface area (TPSA) is 52.2 Å². The fraction of sp³-hybridized carbons (Fsp3) is 0.300. The molecule has 3 heteroatoms. The minimum Gasteiger partial charge on any atom is -0.548 e. The van der Waals surface area contributed by atoms with Gasteiger partial charge in [-0.2, -0.15) is 0 Å². The second-order valence-corrected chi connectivity index (χ2v) is 3.05. The summed E-state index contributed by atoms with van der Waals surface area (Å²) >= 11 is 0. The molecule has 0 aliphatic heterocycles. The summed E-state index contributed by atoms with van der Waals surface area (Å²) in [5, 5.41) is 13.2. The van der Waals surface area contributed by atoms with Crippen LogP contribution >= 0.6 is 0 Å². The number of hydrogen-bond donors (Lipinski definition) is 1. The fourth-order valence-corrected chi connectivity index (χ4v) is 0.959. The van der Waals surface area contributed by atoms with Crippen LogP contribution in [-0.4, -0.2) is 12.0 Å². The highest BCUT2D eigenvalue weighted by Gasteiger charge is 2.00. The quantitative estimate of drug-likeness (QED) is 0.735. The lowest BCUT2D eigenvalue weighted by atomic mass is 10.2. The molecule has 0 unspecified atom stereocenters. The Labute approximate surface area is 77.4 Å². The number of carboxylic acid groups (broad SMARTS) is 1. The number of nitrogens with one attached hydrogen (secondary N) is 1. The van der Waals surface area contributed by atoms with Gasteiger partial charge in [0.05, 0.1) is 12.0 Å².